The van der Waals surface area contributed by atoms with Crippen LogP contribution in [0.2, 0.25) is 0 Å². The molecule has 8 nitrogen and oxygen atoms in total. The van der Waals surface area contributed by atoms with E-state index in [1.54, 1.807) is 48.5 Å². The van der Waals surface area contributed by atoms with Gasteiger partial charge in [0.2, 0.25) is 0 Å². The maximum atomic E-state index is 13.5. The fraction of sp³-hybridized carbons (Fsp3) is 0.200. The third-order valence-electron chi connectivity index (χ3n) is 6.56. The van der Waals surface area contributed by atoms with Crippen LogP contribution in [0.4, 0.5) is 5.13 Å². The van der Waals surface area contributed by atoms with Crippen molar-refractivity contribution >= 4 is 50.1 Å². The summed E-state index contributed by atoms with van der Waals surface area (Å²) >= 11 is 1.30. The highest BCUT2D eigenvalue weighted by Crippen LogP contribution is 2.44. The normalized spacial score (nSPS) is 16.6. The number of Topliss-reactive ketones (excluding diaryl/α,β-unsaturated/α-hetero) is 1. The summed E-state index contributed by atoms with van der Waals surface area (Å²) in [5, 5.41) is 11.7. The number of aliphatic hydroxyl groups excluding tert-OH is 1. The number of esters is 1. The molecule has 198 valence electrons. The molecule has 1 N–H and O–H groups in total. The number of thiazole rings is 1. The van der Waals surface area contributed by atoms with E-state index >= 15 is 0 Å². The Bertz CT molecular complexity index is 1640. The number of aryl methyl sites for hydroxylation is 2. The monoisotopic (exact) mass is 542 g/mol. The van der Waals surface area contributed by atoms with Gasteiger partial charge in [-0.25, -0.2) is 9.78 Å². The molecule has 0 saturated carbocycles. The molecule has 9 heteroatoms. The molecule has 0 spiro atoms. The Morgan fingerprint density at radius 1 is 1.03 bits per heavy atom. The number of methoxy groups -OCH3 is 1. The average molecular weight is 543 g/mol. The lowest BCUT2D eigenvalue weighted by molar-refractivity contribution is -0.132. The molecule has 0 unspecified atom stereocenters. The Hall–Kier alpha value is -4.50. The lowest BCUT2D eigenvalue weighted by Gasteiger charge is -2.23. The van der Waals surface area contributed by atoms with Crippen molar-refractivity contribution in [2.45, 2.75) is 26.8 Å². The zero-order valence-electron chi connectivity index (χ0n) is 21.8. The Balaban J connectivity index is 1.69. The fourth-order valence-electron chi connectivity index (χ4n) is 4.76. The number of aromatic nitrogens is 1. The number of anilines is 1. The van der Waals surface area contributed by atoms with E-state index < -0.39 is 23.7 Å². The number of ether oxygens (including phenoxy) is 2. The van der Waals surface area contributed by atoms with Gasteiger partial charge in [0.05, 0.1) is 41.1 Å². The first-order valence-corrected chi connectivity index (χ1v) is 13.2. The highest BCUT2D eigenvalue weighted by Gasteiger charge is 2.48. The minimum atomic E-state index is -0.967. The molecule has 0 aliphatic carbocycles. The van der Waals surface area contributed by atoms with Crippen LogP contribution in [-0.2, 0) is 14.3 Å². The Labute approximate surface area is 229 Å². The standard InChI is InChI=1S/C30H26N2O6S/c1-5-38-21-12-10-19(11-13-21)26(33)23-25(18-6-8-20(9-7-18)29(36)37-4)32(28(35)27(23)34)30-31-24-17(3)14-16(2)15-22(24)39-30/h6-15,25,33H,5H2,1-4H3/t25-/m1/s1. The largest absolute Gasteiger partial charge is 0.507 e. The number of ketones is 1. The molecular formula is C30H26N2O6S. The molecule has 3 aromatic carbocycles. The lowest BCUT2D eigenvalue weighted by atomic mass is 9.94. The summed E-state index contributed by atoms with van der Waals surface area (Å²) in [6.45, 7) is 6.28. The first kappa shape index (κ1) is 26.1. The van der Waals surface area contributed by atoms with E-state index in [0.29, 0.717) is 34.2 Å². The summed E-state index contributed by atoms with van der Waals surface area (Å²) in [6, 6.07) is 16.1. The molecule has 4 aromatic rings. The second-order valence-corrected chi connectivity index (χ2v) is 10.2. The van der Waals surface area contributed by atoms with Crippen molar-refractivity contribution in [3.8, 4) is 5.75 Å². The molecule has 1 aliphatic rings. The number of hydrogen-bond acceptors (Lipinski definition) is 8. The predicted octanol–water partition coefficient (Wildman–Crippen LogP) is 5.72. The fourth-order valence-corrected chi connectivity index (χ4v) is 5.93. The van der Waals surface area contributed by atoms with Crippen molar-refractivity contribution in [2.24, 2.45) is 0 Å². The van der Waals surface area contributed by atoms with Crippen LogP contribution >= 0.6 is 11.3 Å². The van der Waals surface area contributed by atoms with Crippen LogP contribution in [0.1, 0.15) is 45.6 Å². The van der Waals surface area contributed by atoms with E-state index in [1.165, 1.54) is 23.3 Å². The first-order chi connectivity index (χ1) is 18.7. The van der Waals surface area contributed by atoms with E-state index in [4.69, 9.17) is 14.5 Å². The van der Waals surface area contributed by atoms with Gasteiger partial charge < -0.3 is 14.6 Å². The van der Waals surface area contributed by atoms with Gasteiger partial charge in [-0.2, -0.15) is 0 Å². The van der Waals surface area contributed by atoms with Crippen LogP contribution in [0.25, 0.3) is 16.0 Å². The van der Waals surface area contributed by atoms with Gasteiger partial charge in [0, 0.05) is 5.56 Å². The van der Waals surface area contributed by atoms with Gasteiger partial charge in [-0.05, 0) is 79.9 Å². The summed E-state index contributed by atoms with van der Waals surface area (Å²) in [5.74, 6) is -1.82. The zero-order valence-corrected chi connectivity index (χ0v) is 22.7. The molecule has 5 rings (SSSR count). The van der Waals surface area contributed by atoms with E-state index in [0.717, 1.165) is 21.3 Å². The van der Waals surface area contributed by atoms with Gasteiger partial charge in [0.25, 0.3) is 5.78 Å². The van der Waals surface area contributed by atoms with Crippen LogP contribution in [0.15, 0.2) is 66.2 Å². The molecular weight excluding hydrogens is 516 g/mol. The maximum Gasteiger partial charge on any atom is 0.337 e. The molecule has 0 radical (unpaired) electrons. The van der Waals surface area contributed by atoms with Crippen molar-refractivity contribution in [3.63, 3.8) is 0 Å². The second-order valence-electron chi connectivity index (χ2n) is 9.17. The van der Waals surface area contributed by atoms with Gasteiger partial charge in [-0.3, -0.25) is 14.5 Å². The predicted molar refractivity (Wildman–Crippen MR) is 149 cm³/mol. The zero-order chi connectivity index (χ0) is 27.8. The quantitative estimate of drug-likeness (QED) is 0.144. The summed E-state index contributed by atoms with van der Waals surface area (Å²) in [5.41, 5.74) is 3.90. The Kier molecular flexibility index (Phi) is 6.93. The summed E-state index contributed by atoms with van der Waals surface area (Å²) in [7, 11) is 1.29. The summed E-state index contributed by atoms with van der Waals surface area (Å²) in [6.07, 6.45) is 0. The topological polar surface area (TPSA) is 106 Å². The molecule has 0 bridgehead atoms. The number of fused-ring (bicyclic) bond motifs is 1. The number of amides is 1. The molecule has 1 atom stereocenters. The molecule has 1 fully saturated rings. The van der Waals surface area contributed by atoms with E-state index in [-0.39, 0.29) is 11.3 Å². The molecule has 1 amide bonds. The number of rotatable bonds is 6. The van der Waals surface area contributed by atoms with Gasteiger partial charge >= 0.3 is 11.9 Å². The number of hydrogen-bond donors (Lipinski definition) is 1. The third kappa shape index (κ3) is 4.66. The molecule has 39 heavy (non-hydrogen) atoms. The van der Waals surface area contributed by atoms with Crippen LogP contribution in [-0.4, -0.2) is 41.5 Å². The highest BCUT2D eigenvalue weighted by atomic mass is 32.1. The molecule has 1 aromatic heterocycles. The minimum Gasteiger partial charge on any atom is -0.507 e. The van der Waals surface area contributed by atoms with Crippen LogP contribution in [0, 0.1) is 13.8 Å². The smallest absolute Gasteiger partial charge is 0.337 e. The maximum absolute atomic E-state index is 13.5. The van der Waals surface area contributed by atoms with Crippen molar-refractivity contribution in [2.75, 3.05) is 18.6 Å². The van der Waals surface area contributed by atoms with E-state index in [1.807, 2.05) is 32.9 Å². The van der Waals surface area contributed by atoms with Gasteiger partial charge in [-0.1, -0.05) is 29.5 Å². The number of carbonyl (C=O) groups excluding carboxylic acids is 3. The highest BCUT2D eigenvalue weighted by molar-refractivity contribution is 7.22. The molecule has 2 heterocycles. The average Bonchev–Trinajstić information content (AvgIpc) is 3.47. The minimum absolute atomic E-state index is 0.0675. The third-order valence-corrected chi connectivity index (χ3v) is 7.56. The lowest BCUT2D eigenvalue weighted by Crippen LogP contribution is -2.29. The molecule has 1 saturated heterocycles. The van der Waals surface area contributed by atoms with Gasteiger partial charge in [-0.15, -0.1) is 0 Å². The van der Waals surface area contributed by atoms with E-state index in [2.05, 4.69) is 0 Å². The SMILES string of the molecule is CCOc1ccc(C(O)=C2C(=O)C(=O)N(c3nc4c(C)cc(C)cc4s3)[C@@H]2c2ccc(C(=O)OC)cc2)cc1. The van der Waals surface area contributed by atoms with Gasteiger partial charge in [0.15, 0.2) is 5.13 Å². The first-order valence-electron chi connectivity index (χ1n) is 12.3. The number of carbonyl (C=O) groups is 3. The number of nitrogens with zero attached hydrogens (tertiary/aromatic N) is 2. The van der Waals surface area contributed by atoms with Crippen LogP contribution < -0.4 is 9.64 Å². The van der Waals surface area contributed by atoms with E-state index in [9.17, 15) is 19.5 Å². The number of aliphatic hydroxyl groups is 1. The Morgan fingerprint density at radius 2 is 1.69 bits per heavy atom. The summed E-state index contributed by atoms with van der Waals surface area (Å²) < 4.78 is 11.2. The second kappa shape index (κ2) is 10.3. The number of benzene rings is 3. The summed E-state index contributed by atoms with van der Waals surface area (Å²) in [4.78, 5) is 45.1. The van der Waals surface area contributed by atoms with Crippen molar-refractivity contribution in [3.05, 3.63) is 94.1 Å². The van der Waals surface area contributed by atoms with Crippen molar-refractivity contribution < 1.29 is 29.0 Å². The van der Waals surface area contributed by atoms with Gasteiger partial charge in [0.1, 0.15) is 11.5 Å². The molecule has 1 aliphatic heterocycles. The van der Waals surface area contributed by atoms with Crippen LogP contribution in [0.5, 0.6) is 5.75 Å². The van der Waals surface area contributed by atoms with Crippen LogP contribution in [0.3, 0.4) is 0 Å². The van der Waals surface area contributed by atoms with Crippen molar-refractivity contribution in [1.82, 2.24) is 4.98 Å². The van der Waals surface area contributed by atoms with Crippen molar-refractivity contribution in [1.29, 1.82) is 0 Å². The Morgan fingerprint density at radius 3 is 2.33 bits per heavy atom.